The van der Waals surface area contributed by atoms with Gasteiger partial charge < -0.3 is 16.0 Å². The van der Waals surface area contributed by atoms with Crippen molar-refractivity contribution in [2.24, 2.45) is 0 Å². The van der Waals surface area contributed by atoms with Gasteiger partial charge >= 0.3 is 0 Å². The van der Waals surface area contributed by atoms with E-state index in [1.165, 1.54) is 17.3 Å². The Balaban J connectivity index is 1.35. The Labute approximate surface area is 203 Å². The minimum atomic E-state index is -0.260. The summed E-state index contributed by atoms with van der Waals surface area (Å²) in [7, 11) is 0. The molecule has 0 bridgehead atoms. The highest BCUT2D eigenvalue weighted by atomic mass is 32.2. The molecule has 1 amide bonds. The smallest absolute Gasteiger partial charge is 0.237 e. The van der Waals surface area contributed by atoms with Crippen molar-refractivity contribution in [1.82, 2.24) is 0 Å². The van der Waals surface area contributed by atoms with Gasteiger partial charge in [-0.25, -0.2) is 0 Å². The second-order valence-corrected chi connectivity index (χ2v) is 9.61. The minimum absolute atomic E-state index is 0.0369. The van der Waals surface area contributed by atoms with Crippen molar-refractivity contribution >= 4 is 62.8 Å². The molecule has 6 heteroatoms. The summed E-state index contributed by atoms with van der Waals surface area (Å²) in [5, 5.41) is 11.9. The molecule has 4 aromatic carbocycles. The number of aryl methyl sites for hydroxylation is 1. The normalized spacial score (nSPS) is 11.6. The second-order valence-electron chi connectivity index (χ2n) is 7.78. The molecule has 0 aliphatic carbocycles. The monoisotopic (exact) mass is 471 g/mol. The van der Waals surface area contributed by atoms with Crippen LogP contribution in [-0.4, -0.2) is 16.3 Å². The van der Waals surface area contributed by atoms with Crippen LogP contribution in [0.1, 0.15) is 12.5 Å². The summed E-state index contributed by atoms with van der Waals surface area (Å²) < 4.78 is 0. The van der Waals surface area contributed by atoms with E-state index >= 15 is 0 Å². The van der Waals surface area contributed by atoms with Crippen LogP contribution in [0.4, 0.5) is 17.1 Å². The number of carbonyl (C=O) groups is 1. The lowest BCUT2D eigenvalue weighted by atomic mass is 10.1. The highest BCUT2D eigenvalue weighted by Crippen LogP contribution is 2.27. The average molecular weight is 472 g/mol. The molecule has 4 rings (SSSR count). The Morgan fingerprint density at radius 1 is 0.758 bits per heavy atom. The van der Waals surface area contributed by atoms with Gasteiger partial charge in [0.2, 0.25) is 5.91 Å². The third-order valence-corrected chi connectivity index (χ3v) is 6.40. The molecule has 4 nitrogen and oxygen atoms in total. The SMILES string of the molecule is Cc1ccc(NC(=S)Nc2cccc(SC(C)C(=O)Nc3ccc4ccccc4c3)c2)cc1. The molecule has 1 unspecified atom stereocenters. The van der Waals surface area contributed by atoms with E-state index < -0.39 is 0 Å². The minimum Gasteiger partial charge on any atom is -0.332 e. The van der Waals surface area contributed by atoms with Crippen LogP contribution in [-0.2, 0) is 4.79 Å². The average Bonchev–Trinajstić information content (AvgIpc) is 2.80. The number of carbonyl (C=O) groups excluding carboxylic acids is 1. The highest BCUT2D eigenvalue weighted by molar-refractivity contribution is 8.00. The van der Waals surface area contributed by atoms with E-state index in [1.54, 1.807) is 0 Å². The Morgan fingerprint density at radius 2 is 1.42 bits per heavy atom. The van der Waals surface area contributed by atoms with Crippen LogP contribution >= 0.6 is 24.0 Å². The first kappa shape index (κ1) is 22.8. The standard InChI is InChI=1S/C27H25N3OS2/c1-18-10-13-22(14-11-18)29-27(32)30-23-8-5-9-25(17-23)33-19(2)26(31)28-24-15-12-20-6-3-4-7-21(20)16-24/h3-17,19H,1-2H3,(H,28,31)(H2,29,30,32). The van der Waals surface area contributed by atoms with Crippen molar-refractivity contribution in [2.45, 2.75) is 24.0 Å². The zero-order chi connectivity index (χ0) is 23.2. The Morgan fingerprint density at radius 3 is 2.21 bits per heavy atom. The largest absolute Gasteiger partial charge is 0.332 e. The van der Waals surface area contributed by atoms with Gasteiger partial charge in [0.05, 0.1) is 5.25 Å². The number of thioether (sulfide) groups is 1. The molecule has 0 heterocycles. The molecule has 0 aromatic heterocycles. The molecular weight excluding hydrogens is 446 g/mol. The van der Waals surface area contributed by atoms with Crippen LogP contribution in [0, 0.1) is 6.92 Å². The third kappa shape index (κ3) is 6.34. The van der Waals surface area contributed by atoms with Gasteiger partial charge in [-0.05, 0) is 79.3 Å². The fourth-order valence-electron chi connectivity index (χ4n) is 3.35. The van der Waals surface area contributed by atoms with Crippen molar-refractivity contribution in [1.29, 1.82) is 0 Å². The summed E-state index contributed by atoms with van der Waals surface area (Å²) in [5.74, 6) is -0.0369. The lowest BCUT2D eigenvalue weighted by Gasteiger charge is -2.14. The molecule has 0 fully saturated rings. The van der Waals surface area contributed by atoms with E-state index in [2.05, 4.69) is 22.0 Å². The fourth-order valence-corrected chi connectivity index (χ4v) is 4.51. The summed E-state index contributed by atoms with van der Waals surface area (Å²) in [5.41, 5.74) is 3.80. The Hall–Kier alpha value is -3.35. The summed E-state index contributed by atoms with van der Waals surface area (Å²) in [6.07, 6.45) is 0. The quantitative estimate of drug-likeness (QED) is 0.207. The molecule has 33 heavy (non-hydrogen) atoms. The lowest BCUT2D eigenvalue weighted by molar-refractivity contribution is -0.115. The van der Waals surface area contributed by atoms with E-state index in [4.69, 9.17) is 12.2 Å². The summed E-state index contributed by atoms with van der Waals surface area (Å²) in [4.78, 5) is 13.7. The number of nitrogens with one attached hydrogen (secondary N) is 3. The molecule has 1 atom stereocenters. The van der Waals surface area contributed by atoms with Crippen LogP contribution in [0.2, 0.25) is 0 Å². The maximum Gasteiger partial charge on any atom is 0.237 e. The van der Waals surface area contributed by atoms with Crippen molar-refractivity contribution in [3.8, 4) is 0 Å². The molecular formula is C27H25N3OS2. The molecule has 0 aliphatic heterocycles. The van der Waals surface area contributed by atoms with Gasteiger partial charge in [0, 0.05) is 22.0 Å². The van der Waals surface area contributed by atoms with Crippen molar-refractivity contribution in [2.75, 3.05) is 16.0 Å². The van der Waals surface area contributed by atoms with Gasteiger partial charge in [-0.1, -0.05) is 54.1 Å². The van der Waals surface area contributed by atoms with E-state index in [-0.39, 0.29) is 11.2 Å². The molecule has 0 spiro atoms. The number of thiocarbonyl (C=S) groups is 1. The van der Waals surface area contributed by atoms with Gasteiger partial charge in [-0.15, -0.1) is 11.8 Å². The van der Waals surface area contributed by atoms with Crippen LogP contribution < -0.4 is 16.0 Å². The number of rotatable bonds is 6. The topological polar surface area (TPSA) is 53.2 Å². The molecule has 4 aromatic rings. The molecule has 3 N–H and O–H groups in total. The highest BCUT2D eigenvalue weighted by Gasteiger charge is 2.15. The number of anilines is 3. The van der Waals surface area contributed by atoms with E-state index in [0.29, 0.717) is 5.11 Å². The van der Waals surface area contributed by atoms with Gasteiger partial charge in [0.15, 0.2) is 5.11 Å². The van der Waals surface area contributed by atoms with E-state index in [1.807, 2.05) is 98.8 Å². The van der Waals surface area contributed by atoms with Gasteiger partial charge in [0.1, 0.15) is 0 Å². The molecule has 0 radical (unpaired) electrons. The predicted molar refractivity (Wildman–Crippen MR) is 145 cm³/mol. The summed E-state index contributed by atoms with van der Waals surface area (Å²) in [6.45, 7) is 3.96. The van der Waals surface area contributed by atoms with E-state index in [9.17, 15) is 4.79 Å². The first-order chi connectivity index (χ1) is 16.0. The van der Waals surface area contributed by atoms with Gasteiger partial charge in [-0.2, -0.15) is 0 Å². The lowest BCUT2D eigenvalue weighted by Crippen LogP contribution is -2.22. The number of amides is 1. The Kier molecular flexibility index (Phi) is 7.27. The predicted octanol–water partition coefficient (Wildman–Crippen LogP) is 7.08. The molecule has 0 aliphatic rings. The Bertz CT molecular complexity index is 1290. The van der Waals surface area contributed by atoms with Crippen LogP contribution in [0.3, 0.4) is 0 Å². The maximum absolute atomic E-state index is 12.8. The van der Waals surface area contributed by atoms with Crippen molar-refractivity contribution < 1.29 is 4.79 Å². The summed E-state index contributed by atoms with van der Waals surface area (Å²) >= 11 is 6.94. The van der Waals surface area contributed by atoms with Gasteiger partial charge in [-0.3, -0.25) is 4.79 Å². The number of hydrogen-bond donors (Lipinski definition) is 3. The number of hydrogen-bond acceptors (Lipinski definition) is 3. The zero-order valence-corrected chi connectivity index (χ0v) is 20.1. The van der Waals surface area contributed by atoms with Crippen molar-refractivity contribution in [3.63, 3.8) is 0 Å². The zero-order valence-electron chi connectivity index (χ0n) is 18.5. The first-order valence-electron chi connectivity index (χ1n) is 10.7. The summed E-state index contributed by atoms with van der Waals surface area (Å²) in [6, 6.07) is 30.0. The van der Waals surface area contributed by atoms with Crippen molar-refractivity contribution in [3.05, 3.63) is 96.6 Å². The molecule has 0 saturated carbocycles. The van der Waals surface area contributed by atoms with E-state index in [0.717, 1.165) is 32.7 Å². The van der Waals surface area contributed by atoms with Crippen LogP contribution in [0.5, 0.6) is 0 Å². The third-order valence-electron chi connectivity index (χ3n) is 5.10. The van der Waals surface area contributed by atoms with Crippen LogP contribution in [0.25, 0.3) is 10.8 Å². The number of benzene rings is 4. The first-order valence-corrected chi connectivity index (χ1v) is 12.0. The van der Waals surface area contributed by atoms with Gasteiger partial charge in [0.25, 0.3) is 0 Å². The van der Waals surface area contributed by atoms with Crippen LogP contribution in [0.15, 0.2) is 95.9 Å². The number of fused-ring (bicyclic) bond motifs is 1. The fraction of sp³-hybridized carbons (Fsp3) is 0.111. The molecule has 0 saturated heterocycles. The maximum atomic E-state index is 12.8. The molecule has 166 valence electrons. The second kappa shape index (κ2) is 10.5.